The van der Waals surface area contributed by atoms with Crippen molar-refractivity contribution >= 4 is 11.6 Å². The Kier molecular flexibility index (Phi) is 3.80. The van der Waals surface area contributed by atoms with Crippen LogP contribution in [0.5, 0.6) is 0 Å². The minimum atomic E-state index is -0.377. The molecule has 0 saturated carbocycles. The number of nitrogens with zero attached hydrogens (tertiary/aromatic N) is 2. The summed E-state index contributed by atoms with van der Waals surface area (Å²) in [5, 5.41) is 11.8. The number of likely N-dealkylation sites (N-methyl/N-ethyl adjacent to an activating group) is 1. The van der Waals surface area contributed by atoms with Crippen molar-refractivity contribution in [1.29, 1.82) is 5.26 Å². The lowest BCUT2D eigenvalue weighted by Gasteiger charge is -2.36. The second kappa shape index (κ2) is 5.52. The Morgan fingerprint density at radius 3 is 3.06 bits per heavy atom. The van der Waals surface area contributed by atoms with Gasteiger partial charge >= 0.3 is 0 Å². The molecule has 1 unspecified atom stereocenters. The number of morpholine rings is 1. The molecule has 0 aliphatic carbocycles. The van der Waals surface area contributed by atoms with E-state index in [-0.39, 0.29) is 11.9 Å². The van der Waals surface area contributed by atoms with E-state index in [4.69, 9.17) is 10.00 Å². The highest BCUT2D eigenvalue weighted by atomic mass is 16.5. The third-order valence-corrected chi connectivity index (χ3v) is 3.01. The van der Waals surface area contributed by atoms with E-state index in [2.05, 4.69) is 11.4 Å². The zero-order valence-corrected chi connectivity index (χ0v) is 10.2. The van der Waals surface area contributed by atoms with Gasteiger partial charge in [0.15, 0.2) is 0 Å². The summed E-state index contributed by atoms with van der Waals surface area (Å²) in [6, 6.07) is 9.08. The third kappa shape index (κ3) is 2.29. The Morgan fingerprint density at radius 1 is 1.56 bits per heavy atom. The lowest BCUT2D eigenvalue weighted by atomic mass is 10.1. The van der Waals surface area contributed by atoms with Crippen LogP contribution in [-0.4, -0.2) is 38.8 Å². The summed E-state index contributed by atoms with van der Waals surface area (Å²) in [6.45, 7) is 1.52. The Hall–Kier alpha value is -2.06. The highest BCUT2D eigenvalue weighted by Crippen LogP contribution is 2.23. The smallest absolute Gasteiger partial charge is 0.244 e. The van der Waals surface area contributed by atoms with Crippen LogP contribution in [-0.2, 0) is 9.53 Å². The summed E-state index contributed by atoms with van der Waals surface area (Å²) in [5.74, 6) is -0.0950. The average Bonchev–Trinajstić information content (AvgIpc) is 2.46. The zero-order chi connectivity index (χ0) is 13.0. The number of nitrogens with one attached hydrogen (secondary N) is 1. The zero-order valence-electron chi connectivity index (χ0n) is 10.2. The van der Waals surface area contributed by atoms with Gasteiger partial charge in [-0.2, -0.15) is 5.26 Å². The second-order valence-corrected chi connectivity index (χ2v) is 4.03. The number of nitriles is 1. The first kappa shape index (κ1) is 12.4. The number of para-hydroxylation sites is 1. The van der Waals surface area contributed by atoms with Crippen molar-refractivity contribution in [2.24, 2.45) is 0 Å². The molecule has 1 N–H and O–H groups in total. The standard InChI is InChI=1S/C13H15N3O2/c1-15-13(17)12-9-18-7-6-16(12)11-5-3-2-4-10(11)8-14/h2-5,12H,6-7,9H2,1H3,(H,15,17). The molecular formula is C13H15N3O2. The van der Waals surface area contributed by atoms with E-state index >= 15 is 0 Å². The lowest BCUT2D eigenvalue weighted by Crippen LogP contribution is -2.53. The van der Waals surface area contributed by atoms with Gasteiger partial charge < -0.3 is 15.0 Å². The summed E-state index contributed by atoms with van der Waals surface area (Å²) in [4.78, 5) is 13.8. The largest absolute Gasteiger partial charge is 0.377 e. The molecule has 1 aliphatic heterocycles. The van der Waals surface area contributed by atoms with Gasteiger partial charge in [-0.05, 0) is 12.1 Å². The average molecular weight is 245 g/mol. The molecule has 5 nitrogen and oxygen atoms in total. The molecular weight excluding hydrogens is 230 g/mol. The van der Waals surface area contributed by atoms with Crippen molar-refractivity contribution in [1.82, 2.24) is 5.32 Å². The Morgan fingerprint density at radius 2 is 2.33 bits per heavy atom. The summed E-state index contributed by atoms with van der Waals surface area (Å²) in [6.07, 6.45) is 0. The van der Waals surface area contributed by atoms with E-state index in [1.807, 2.05) is 23.1 Å². The number of ether oxygens (including phenoxy) is 1. The number of carbonyl (C=O) groups is 1. The molecule has 1 saturated heterocycles. The normalized spacial score (nSPS) is 19.1. The van der Waals surface area contributed by atoms with Crippen LogP contribution in [0.2, 0.25) is 0 Å². The molecule has 1 aromatic rings. The van der Waals surface area contributed by atoms with Gasteiger partial charge in [0.25, 0.3) is 0 Å². The van der Waals surface area contributed by atoms with Crippen LogP contribution in [0.3, 0.4) is 0 Å². The third-order valence-electron chi connectivity index (χ3n) is 3.01. The molecule has 1 atom stereocenters. The number of hydrogen-bond donors (Lipinski definition) is 1. The monoisotopic (exact) mass is 245 g/mol. The van der Waals surface area contributed by atoms with Crippen LogP contribution in [0.25, 0.3) is 0 Å². The van der Waals surface area contributed by atoms with Crippen LogP contribution in [0.1, 0.15) is 5.56 Å². The SMILES string of the molecule is CNC(=O)C1COCCN1c1ccccc1C#N. The van der Waals surface area contributed by atoms with E-state index in [0.29, 0.717) is 25.3 Å². The minimum absolute atomic E-state index is 0.0950. The summed E-state index contributed by atoms with van der Waals surface area (Å²) < 4.78 is 5.34. The molecule has 18 heavy (non-hydrogen) atoms. The molecule has 1 amide bonds. The van der Waals surface area contributed by atoms with E-state index in [1.54, 1.807) is 13.1 Å². The Bertz CT molecular complexity index is 481. The van der Waals surface area contributed by atoms with Crippen LogP contribution >= 0.6 is 0 Å². The van der Waals surface area contributed by atoms with E-state index in [9.17, 15) is 4.79 Å². The van der Waals surface area contributed by atoms with Crippen molar-refractivity contribution in [2.75, 3.05) is 31.7 Å². The Balaban J connectivity index is 2.34. The second-order valence-electron chi connectivity index (χ2n) is 4.03. The number of amides is 1. The summed E-state index contributed by atoms with van der Waals surface area (Å²) in [7, 11) is 1.60. The number of hydrogen-bond acceptors (Lipinski definition) is 4. The molecule has 0 radical (unpaired) electrons. The van der Waals surface area contributed by atoms with Crippen molar-refractivity contribution in [3.05, 3.63) is 29.8 Å². The Labute approximate surface area is 106 Å². The van der Waals surface area contributed by atoms with E-state index < -0.39 is 0 Å². The number of benzene rings is 1. The van der Waals surface area contributed by atoms with Gasteiger partial charge in [0, 0.05) is 13.6 Å². The van der Waals surface area contributed by atoms with Gasteiger partial charge in [0.05, 0.1) is 24.5 Å². The maximum Gasteiger partial charge on any atom is 0.244 e. The van der Waals surface area contributed by atoms with Gasteiger partial charge in [0.1, 0.15) is 12.1 Å². The van der Waals surface area contributed by atoms with E-state index in [0.717, 1.165) is 5.69 Å². The molecule has 1 fully saturated rings. The quantitative estimate of drug-likeness (QED) is 0.824. The molecule has 1 aliphatic rings. The number of rotatable bonds is 2. The van der Waals surface area contributed by atoms with E-state index in [1.165, 1.54) is 0 Å². The maximum absolute atomic E-state index is 11.8. The van der Waals surface area contributed by atoms with Gasteiger partial charge in [-0.25, -0.2) is 0 Å². The first-order valence-corrected chi connectivity index (χ1v) is 5.83. The predicted octanol–water partition coefficient (Wildman–Crippen LogP) is 0.509. The topological polar surface area (TPSA) is 65.4 Å². The van der Waals surface area contributed by atoms with Crippen LogP contribution in [0.15, 0.2) is 24.3 Å². The molecule has 0 aromatic heterocycles. The fourth-order valence-corrected chi connectivity index (χ4v) is 2.09. The fourth-order valence-electron chi connectivity index (χ4n) is 2.09. The molecule has 94 valence electrons. The van der Waals surface area contributed by atoms with Crippen molar-refractivity contribution in [2.45, 2.75) is 6.04 Å². The van der Waals surface area contributed by atoms with Crippen LogP contribution < -0.4 is 10.2 Å². The molecule has 5 heteroatoms. The first-order valence-electron chi connectivity index (χ1n) is 5.83. The fraction of sp³-hybridized carbons (Fsp3) is 0.385. The van der Waals surface area contributed by atoms with Gasteiger partial charge in [-0.15, -0.1) is 0 Å². The van der Waals surface area contributed by atoms with Crippen LogP contribution in [0.4, 0.5) is 5.69 Å². The lowest BCUT2D eigenvalue weighted by molar-refractivity contribution is -0.124. The minimum Gasteiger partial charge on any atom is -0.377 e. The molecule has 0 spiro atoms. The highest BCUT2D eigenvalue weighted by molar-refractivity contribution is 5.86. The molecule has 0 bridgehead atoms. The van der Waals surface area contributed by atoms with Crippen molar-refractivity contribution in [3.63, 3.8) is 0 Å². The number of carbonyl (C=O) groups excluding carboxylic acids is 1. The summed E-state index contributed by atoms with van der Waals surface area (Å²) >= 11 is 0. The predicted molar refractivity (Wildman–Crippen MR) is 67.2 cm³/mol. The van der Waals surface area contributed by atoms with Crippen molar-refractivity contribution in [3.8, 4) is 6.07 Å². The molecule has 2 rings (SSSR count). The first-order chi connectivity index (χ1) is 8.77. The maximum atomic E-state index is 11.8. The molecule has 1 heterocycles. The summed E-state index contributed by atoms with van der Waals surface area (Å²) in [5.41, 5.74) is 1.37. The van der Waals surface area contributed by atoms with Crippen molar-refractivity contribution < 1.29 is 9.53 Å². The van der Waals surface area contributed by atoms with Gasteiger partial charge in [-0.3, -0.25) is 4.79 Å². The highest BCUT2D eigenvalue weighted by Gasteiger charge is 2.30. The van der Waals surface area contributed by atoms with Gasteiger partial charge in [0.2, 0.25) is 5.91 Å². The van der Waals surface area contributed by atoms with Crippen LogP contribution in [0, 0.1) is 11.3 Å². The molecule has 1 aromatic carbocycles. The number of anilines is 1. The van der Waals surface area contributed by atoms with Gasteiger partial charge in [-0.1, -0.05) is 12.1 Å².